The van der Waals surface area contributed by atoms with Crippen LogP contribution < -0.4 is 19.5 Å². The molecule has 3 aromatic rings. The summed E-state index contributed by atoms with van der Waals surface area (Å²) in [7, 11) is 0. The topological polar surface area (TPSA) is 94.2 Å². The lowest BCUT2D eigenvalue weighted by atomic mass is 10.1. The minimum absolute atomic E-state index is 0.0408. The van der Waals surface area contributed by atoms with E-state index in [0.717, 1.165) is 16.9 Å². The molecule has 0 atom stereocenters. The van der Waals surface area contributed by atoms with Crippen LogP contribution in [0.1, 0.15) is 37.0 Å². The molecule has 1 saturated heterocycles. The summed E-state index contributed by atoms with van der Waals surface area (Å²) < 4.78 is 17.2. The van der Waals surface area contributed by atoms with Crippen molar-refractivity contribution in [2.24, 2.45) is 0 Å². The number of imide groups is 2. The number of amides is 4. The fraction of sp³-hybridized carbons (Fsp3) is 0.233. The van der Waals surface area contributed by atoms with Crippen LogP contribution in [0, 0.1) is 0 Å². The molecule has 1 aliphatic rings. The number of rotatable bonds is 11. The zero-order valence-corrected chi connectivity index (χ0v) is 22.5. The Hall–Kier alpha value is -4.30. The van der Waals surface area contributed by atoms with Crippen LogP contribution in [0.15, 0.2) is 72.3 Å². The first-order valence-electron chi connectivity index (χ1n) is 12.6. The van der Waals surface area contributed by atoms with Gasteiger partial charge in [0.05, 0.1) is 19.8 Å². The second-order valence-corrected chi connectivity index (χ2v) is 9.19. The maximum atomic E-state index is 13.2. The summed E-state index contributed by atoms with van der Waals surface area (Å²) in [6.07, 6.45) is 2.30. The zero-order valence-electron chi connectivity index (χ0n) is 21.7. The van der Waals surface area contributed by atoms with E-state index in [1.807, 2.05) is 26.0 Å². The van der Waals surface area contributed by atoms with Gasteiger partial charge in [0.2, 0.25) is 0 Å². The molecular formula is C30H29ClN2O6. The quantitative estimate of drug-likeness (QED) is 0.241. The number of hydrogen-bond donors (Lipinski definition) is 1. The van der Waals surface area contributed by atoms with Crippen LogP contribution in [0.2, 0.25) is 5.02 Å². The van der Waals surface area contributed by atoms with E-state index in [1.165, 1.54) is 6.08 Å². The minimum Gasteiger partial charge on any atom is -0.490 e. The number of carbonyl (C=O) groups excluding carboxylic acids is 3. The van der Waals surface area contributed by atoms with E-state index >= 15 is 0 Å². The van der Waals surface area contributed by atoms with E-state index in [4.69, 9.17) is 25.8 Å². The maximum absolute atomic E-state index is 13.2. The van der Waals surface area contributed by atoms with Crippen LogP contribution in [-0.2, 0) is 22.7 Å². The second kappa shape index (κ2) is 13.0. The molecule has 1 fully saturated rings. The first-order valence-corrected chi connectivity index (χ1v) is 13.0. The van der Waals surface area contributed by atoms with Crippen molar-refractivity contribution in [2.75, 3.05) is 13.2 Å². The summed E-state index contributed by atoms with van der Waals surface area (Å²) in [6, 6.07) is 18.8. The van der Waals surface area contributed by atoms with Crippen molar-refractivity contribution in [1.29, 1.82) is 0 Å². The highest BCUT2D eigenvalue weighted by atomic mass is 35.5. The number of benzene rings is 3. The molecule has 4 rings (SSSR count). The van der Waals surface area contributed by atoms with Crippen molar-refractivity contribution >= 4 is 35.5 Å². The van der Waals surface area contributed by atoms with Crippen LogP contribution in [0.25, 0.3) is 6.08 Å². The summed E-state index contributed by atoms with van der Waals surface area (Å²) >= 11 is 5.91. The van der Waals surface area contributed by atoms with Gasteiger partial charge in [0.25, 0.3) is 11.8 Å². The SMILES string of the molecule is CCCOc1ccc(CN2C(=O)NC(=O)/C(=C\c3ccc(OCc4ccc(Cl)cc4)cc3)C2=O)cc1OCC. The van der Waals surface area contributed by atoms with E-state index < -0.39 is 17.8 Å². The van der Waals surface area contributed by atoms with Crippen LogP contribution in [0.3, 0.4) is 0 Å². The van der Waals surface area contributed by atoms with Crippen molar-refractivity contribution < 1.29 is 28.6 Å². The molecule has 3 aromatic carbocycles. The van der Waals surface area contributed by atoms with Crippen LogP contribution in [0.4, 0.5) is 4.79 Å². The first kappa shape index (κ1) is 27.7. The molecule has 1 aliphatic heterocycles. The molecule has 0 aromatic heterocycles. The highest BCUT2D eigenvalue weighted by molar-refractivity contribution is 6.31. The summed E-state index contributed by atoms with van der Waals surface area (Å²) in [5, 5.41) is 2.91. The summed E-state index contributed by atoms with van der Waals surface area (Å²) in [5.74, 6) is 0.310. The van der Waals surface area contributed by atoms with Crippen molar-refractivity contribution in [1.82, 2.24) is 10.2 Å². The Morgan fingerprint density at radius 1 is 0.846 bits per heavy atom. The van der Waals surface area contributed by atoms with Crippen molar-refractivity contribution in [3.05, 3.63) is 94.0 Å². The summed E-state index contributed by atoms with van der Waals surface area (Å²) in [4.78, 5) is 39.3. The number of nitrogens with one attached hydrogen (secondary N) is 1. The van der Waals surface area contributed by atoms with Crippen LogP contribution in [0.5, 0.6) is 17.2 Å². The third-order valence-corrected chi connectivity index (χ3v) is 6.06. The number of ether oxygens (including phenoxy) is 3. The number of barbiturate groups is 1. The average molecular weight is 549 g/mol. The first-order chi connectivity index (χ1) is 18.9. The normalized spacial score (nSPS) is 14.4. The van der Waals surface area contributed by atoms with Gasteiger partial charge in [-0.25, -0.2) is 4.79 Å². The Bertz CT molecular complexity index is 1370. The molecule has 0 bridgehead atoms. The molecule has 0 unspecified atom stereocenters. The fourth-order valence-corrected chi connectivity index (χ4v) is 3.97. The highest BCUT2D eigenvalue weighted by Crippen LogP contribution is 2.30. The lowest BCUT2D eigenvalue weighted by Crippen LogP contribution is -2.53. The Kier molecular flexibility index (Phi) is 9.22. The molecule has 202 valence electrons. The van der Waals surface area contributed by atoms with Gasteiger partial charge in [-0.1, -0.05) is 48.9 Å². The molecule has 39 heavy (non-hydrogen) atoms. The van der Waals surface area contributed by atoms with Gasteiger partial charge in [0.1, 0.15) is 17.9 Å². The molecule has 8 nitrogen and oxygen atoms in total. The molecule has 1 N–H and O–H groups in total. The van der Waals surface area contributed by atoms with E-state index in [1.54, 1.807) is 54.6 Å². The molecule has 1 heterocycles. The standard InChI is InChI=1S/C30H29ClN2O6/c1-3-15-38-26-14-9-22(17-27(26)37-4-2)18-33-29(35)25(28(34)32-30(33)36)16-20-7-12-24(13-8-20)39-19-21-5-10-23(31)11-6-21/h5-14,16-17H,3-4,15,18-19H2,1-2H3,(H,32,34,36)/b25-16+. The monoisotopic (exact) mass is 548 g/mol. The lowest BCUT2D eigenvalue weighted by Gasteiger charge is -2.26. The number of hydrogen-bond acceptors (Lipinski definition) is 6. The molecule has 0 saturated carbocycles. The van der Waals surface area contributed by atoms with Gasteiger partial charge >= 0.3 is 6.03 Å². The lowest BCUT2D eigenvalue weighted by molar-refractivity contribution is -0.130. The molecule has 0 radical (unpaired) electrons. The molecular weight excluding hydrogens is 520 g/mol. The molecule has 4 amide bonds. The fourth-order valence-electron chi connectivity index (χ4n) is 3.84. The van der Waals surface area contributed by atoms with Crippen molar-refractivity contribution in [3.8, 4) is 17.2 Å². The zero-order chi connectivity index (χ0) is 27.8. The largest absolute Gasteiger partial charge is 0.490 e. The molecule has 0 aliphatic carbocycles. The third-order valence-electron chi connectivity index (χ3n) is 5.81. The smallest absolute Gasteiger partial charge is 0.331 e. The number of nitrogens with zero attached hydrogens (tertiary/aromatic N) is 1. The van der Waals surface area contributed by atoms with Crippen LogP contribution >= 0.6 is 11.6 Å². The average Bonchev–Trinajstić information content (AvgIpc) is 2.93. The van der Waals surface area contributed by atoms with E-state index in [0.29, 0.717) is 53.2 Å². The third kappa shape index (κ3) is 7.18. The number of halogens is 1. The molecule has 9 heteroatoms. The Balaban J connectivity index is 1.47. The van der Waals surface area contributed by atoms with Gasteiger partial charge in [-0.2, -0.15) is 0 Å². The minimum atomic E-state index is -0.780. The van der Waals surface area contributed by atoms with Crippen molar-refractivity contribution in [2.45, 2.75) is 33.4 Å². The van der Waals surface area contributed by atoms with Crippen LogP contribution in [-0.4, -0.2) is 36.0 Å². The van der Waals surface area contributed by atoms with E-state index in [-0.39, 0.29) is 12.1 Å². The number of carbonyl (C=O) groups is 3. The van der Waals surface area contributed by atoms with Gasteiger partial charge in [0, 0.05) is 5.02 Å². The maximum Gasteiger partial charge on any atom is 0.331 e. The van der Waals surface area contributed by atoms with Crippen molar-refractivity contribution in [3.63, 3.8) is 0 Å². The van der Waals surface area contributed by atoms with E-state index in [9.17, 15) is 14.4 Å². The van der Waals surface area contributed by atoms with Gasteiger partial charge < -0.3 is 14.2 Å². The number of urea groups is 1. The predicted octanol–water partition coefficient (Wildman–Crippen LogP) is 5.77. The molecule has 0 spiro atoms. The second-order valence-electron chi connectivity index (χ2n) is 8.76. The highest BCUT2D eigenvalue weighted by Gasteiger charge is 2.35. The summed E-state index contributed by atoms with van der Waals surface area (Å²) in [5.41, 5.74) is 2.09. The van der Waals surface area contributed by atoms with Gasteiger partial charge in [-0.3, -0.25) is 19.8 Å². The Morgan fingerprint density at radius 3 is 2.26 bits per heavy atom. The van der Waals surface area contributed by atoms with Gasteiger partial charge in [-0.05, 0) is 72.5 Å². The van der Waals surface area contributed by atoms with Gasteiger partial charge in [0.15, 0.2) is 11.5 Å². The van der Waals surface area contributed by atoms with E-state index in [2.05, 4.69) is 5.32 Å². The Morgan fingerprint density at radius 2 is 1.56 bits per heavy atom. The predicted molar refractivity (Wildman–Crippen MR) is 148 cm³/mol. The van der Waals surface area contributed by atoms with Gasteiger partial charge in [-0.15, -0.1) is 0 Å². The Labute approximate surface area is 232 Å². The summed E-state index contributed by atoms with van der Waals surface area (Å²) in [6.45, 7) is 5.17.